The number of nitrogens with zero attached hydrogens (tertiary/aromatic N) is 3. The van der Waals surface area contributed by atoms with Gasteiger partial charge in [-0.25, -0.2) is 4.98 Å². The Morgan fingerprint density at radius 1 is 1.14 bits per heavy atom. The van der Waals surface area contributed by atoms with Crippen LogP contribution in [0.4, 0.5) is 0 Å². The lowest BCUT2D eigenvalue weighted by Gasteiger charge is -2.00. The highest BCUT2D eigenvalue weighted by molar-refractivity contribution is 7.08. The maximum absolute atomic E-state index is 11.9. The molecule has 0 aliphatic heterocycles. The van der Waals surface area contributed by atoms with E-state index in [1.807, 2.05) is 29.0 Å². The van der Waals surface area contributed by atoms with Crippen LogP contribution in [0.2, 0.25) is 5.02 Å². The van der Waals surface area contributed by atoms with Gasteiger partial charge in [0.05, 0.1) is 12.6 Å². The molecule has 0 aliphatic carbocycles. The molecule has 0 N–H and O–H groups in total. The molecule has 4 aromatic rings. The Kier molecular flexibility index (Phi) is 5.50. The molecule has 9 heteroatoms. The summed E-state index contributed by atoms with van der Waals surface area (Å²) in [5, 5.41) is 8.35. The standard InChI is InChI=1S/C19H14ClN3O4S/c20-14-3-1-12(2-4-14)15-9-21-16(26-15)5-6-18(24)25-10-17-22-19(23-27-17)13-7-8-28-11-13/h1-4,7-9,11H,5-6,10H2. The smallest absolute Gasteiger partial charge is 0.306 e. The summed E-state index contributed by atoms with van der Waals surface area (Å²) in [6.07, 6.45) is 2.08. The summed E-state index contributed by atoms with van der Waals surface area (Å²) in [6, 6.07) is 9.13. The number of oxazole rings is 1. The van der Waals surface area contributed by atoms with Crippen LogP contribution in [-0.2, 0) is 22.6 Å². The van der Waals surface area contributed by atoms with E-state index in [9.17, 15) is 4.79 Å². The van der Waals surface area contributed by atoms with Crippen LogP contribution in [0.3, 0.4) is 0 Å². The summed E-state index contributed by atoms with van der Waals surface area (Å²) >= 11 is 7.42. The quantitative estimate of drug-likeness (QED) is 0.401. The van der Waals surface area contributed by atoms with E-state index in [0.717, 1.165) is 11.1 Å². The number of carbonyl (C=O) groups is 1. The number of rotatable bonds is 7. The molecule has 0 amide bonds. The molecule has 0 fully saturated rings. The number of halogens is 1. The van der Waals surface area contributed by atoms with Gasteiger partial charge in [-0.3, -0.25) is 4.79 Å². The summed E-state index contributed by atoms with van der Waals surface area (Å²) < 4.78 is 15.9. The third-order valence-electron chi connectivity index (χ3n) is 3.83. The van der Waals surface area contributed by atoms with Crippen molar-refractivity contribution in [2.45, 2.75) is 19.4 Å². The minimum absolute atomic E-state index is 0.0718. The van der Waals surface area contributed by atoms with Gasteiger partial charge in [-0.15, -0.1) is 0 Å². The fourth-order valence-corrected chi connectivity index (χ4v) is 3.18. The molecule has 0 saturated carbocycles. The van der Waals surface area contributed by atoms with Gasteiger partial charge < -0.3 is 13.7 Å². The Bertz CT molecular complexity index is 1060. The summed E-state index contributed by atoms with van der Waals surface area (Å²) in [4.78, 5) is 20.3. The van der Waals surface area contributed by atoms with Crippen molar-refractivity contribution in [3.8, 4) is 22.7 Å². The van der Waals surface area contributed by atoms with Crippen molar-refractivity contribution < 1.29 is 18.5 Å². The molecule has 28 heavy (non-hydrogen) atoms. The second-order valence-corrected chi connectivity index (χ2v) is 7.03. The van der Waals surface area contributed by atoms with Crippen LogP contribution in [0.1, 0.15) is 18.2 Å². The maximum atomic E-state index is 11.9. The van der Waals surface area contributed by atoms with Gasteiger partial charge >= 0.3 is 5.97 Å². The van der Waals surface area contributed by atoms with Gasteiger partial charge in [0.25, 0.3) is 5.89 Å². The van der Waals surface area contributed by atoms with Crippen molar-refractivity contribution in [2.75, 3.05) is 0 Å². The number of hydrogen-bond acceptors (Lipinski definition) is 8. The van der Waals surface area contributed by atoms with Crippen molar-refractivity contribution in [2.24, 2.45) is 0 Å². The number of thiophene rings is 1. The second-order valence-electron chi connectivity index (χ2n) is 5.81. The van der Waals surface area contributed by atoms with Crippen molar-refractivity contribution in [3.05, 3.63) is 64.1 Å². The largest absolute Gasteiger partial charge is 0.456 e. The molecule has 0 bridgehead atoms. The SMILES string of the molecule is O=C(CCc1ncc(-c2ccc(Cl)cc2)o1)OCc1nc(-c2ccsc2)no1. The molecule has 3 aromatic heterocycles. The van der Waals surface area contributed by atoms with Crippen molar-refractivity contribution in [3.63, 3.8) is 0 Å². The zero-order valence-corrected chi connectivity index (χ0v) is 16.1. The normalized spacial score (nSPS) is 10.9. The zero-order valence-electron chi connectivity index (χ0n) is 14.5. The third kappa shape index (κ3) is 4.47. The highest BCUT2D eigenvalue weighted by Crippen LogP contribution is 2.23. The van der Waals surface area contributed by atoms with E-state index in [1.54, 1.807) is 18.3 Å². The highest BCUT2D eigenvalue weighted by atomic mass is 35.5. The fourth-order valence-electron chi connectivity index (χ4n) is 2.42. The van der Waals surface area contributed by atoms with Crippen LogP contribution in [0, 0.1) is 0 Å². The minimum atomic E-state index is -0.401. The number of esters is 1. The van der Waals surface area contributed by atoms with Crippen LogP contribution in [0.5, 0.6) is 0 Å². The molecule has 0 saturated heterocycles. The fraction of sp³-hybridized carbons (Fsp3) is 0.158. The predicted molar refractivity (Wildman–Crippen MR) is 103 cm³/mol. The van der Waals surface area contributed by atoms with Crippen LogP contribution >= 0.6 is 22.9 Å². The monoisotopic (exact) mass is 415 g/mol. The number of benzene rings is 1. The molecule has 0 radical (unpaired) electrons. The minimum Gasteiger partial charge on any atom is -0.456 e. The van der Waals surface area contributed by atoms with Crippen LogP contribution < -0.4 is 0 Å². The van der Waals surface area contributed by atoms with Gasteiger partial charge in [-0.1, -0.05) is 16.8 Å². The van der Waals surface area contributed by atoms with E-state index < -0.39 is 5.97 Å². The van der Waals surface area contributed by atoms with Crippen LogP contribution in [-0.4, -0.2) is 21.1 Å². The van der Waals surface area contributed by atoms with E-state index in [0.29, 0.717) is 28.9 Å². The molecule has 0 aliphatic rings. The number of aromatic nitrogens is 3. The number of hydrogen-bond donors (Lipinski definition) is 0. The summed E-state index contributed by atoms with van der Waals surface area (Å²) in [5.41, 5.74) is 1.73. The second kappa shape index (κ2) is 8.37. The Hall–Kier alpha value is -2.97. The number of aryl methyl sites for hydroxylation is 1. The molecular weight excluding hydrogens is 402 g/mol. The average Bonchev–Trinajstić information content (AvgIpc) is 3.46. The summed E-state index contributed by atoms with van der Waals surface area (Å²) in [6.45, 7) is -0.0718. The van der Waals surface area contributed by atoms with Gasteiger partial charge in [0, 0.05) is 28.0 Å². The van der Waals surface area contributed by atoms with E-state index in [-0.39, 0.29) is 18.9 Å². The number of carbonyl (C=O) groups excluding carboxylic acids is 1. The first-order chi connectivity index (χ1) is 13.7. The Morgan fingerprint density at radius 2 is 2.00 bits per heavy atom. The Balaban J connectivity index is 1.26. The highest BCUT2D eigenvalue weighted by Gasteiger charge is 2.13. The van der Waals surface area contributed by atoms with Crippen LogP contribution in [0.15, 0.2) is 56.2 Å². The third-order valence-corrected chi connectivity index (χ3v) is 4.76. The molecular formula is C19H14ClN3O4S. The van der Waals surface area contributed by atoms with Crippen LogP contribution in [0.25, 0.3) is 22.7 Å². The van der Waals surface area contributed by atoms with Crippen molar-refractivity contribution in [1.29, 1.82) is 0 Å². The van der Waals surface area contributed by atoms with E-state index in [1.165, 1.54) is 11.3 Å². The first kappa shape index (κ1) is 18.4. The molecule has 0 unspecified atom stereocenters. The van der Waals surface area contributed by atoms with Gasteiger partial charge in [0.2, 0.25) is 5.82 Å². The summed E-state index contributed by atoms with van der Waals surface area (Å²) in [7, 11) is 0. The number of ether oxygens (including phenoxy) is 1. The first-order valence-corrected chi connectivity index (χ1v) is 9.71. The van der Waals surface area contributed by atoms with Gasteiger partial charge in [0.15, 0.2) is 18.3 Å². The Morgan fingerprint density at radius 3 is 2.79 bits per heavy atom. The Labute approximate surface area is 168 Å². The zero-order chi connectivity index (χ0) is 19.3. The molecule has 4 rings (SSSR count). The molecule has 0 atom stereocenters. The average molecular weight is 416 g/mol. The molecule has 0 spiro atoms. The van der Waals surface area contributed by atoms with E-state index >= 15 is 0 Å². The topological polar surface area (TPSA) is 91.2 Å². The lowest BCUT2D eigenvalue weighted by molar-refractivity contribution is -0.145. The lowest BCUT2D eigenvalue weighted by Crippen LogP contribution is -2.06. The van der Waals surface area contributed by atoms with Crippen molar-refractivity contribution in [1.82, 2.24) is 15.1 Å². The molecule has 142 valence electrons. The molecule has 3 heterocycles. The van der Waals surface area contributed by atoms with Gasteiger partial charge in [-0.05, 0) is 35.7 Å². The molecule has 7 nitrogen and oxygen atoms in total. The van der Waals surface area contributed by atoms with E-state index in [2.05, 4.69) is 15.1 Å². The van der Waals surface area contributed by atoms with Crippen molar-refractivity contribution >= 4 is 28.9 Å². The lowest BCUT2D eigenvalue weighted by atomic mass is 10.2. The van der Waals surface area contributed by atoms with E-state index in [4.69, 9.17) is 25.3 Å². The summed E-state index contributed by atoms with van der Waals surface area (Å²) in [5.74, 6) is 1.39. The first-order valence-electron chi connectivity index (χ1n) is 8.39. The van der Waals surface area contributed by atoms with Gasteiger partial charge in [0.1, 0.15) is 0 Å². The molecule has 1 aromatic carbocycles. The van der Waals surface area contributed by atoms with Gasteiger partial charge in [-0.2, -0.15) is 16.3 Å². The maximum Gasteiger partial charge on any atom is 0.306 e. The predicted octanol–water partition coefficient (Wildman–Crippen LogP) is 4.78.